The molecule has 0 aliphatic heterocycles. The third-order valence-corrected chi connectivity index (χ3v) is 2.51. The van der Waals surface area contributed by atoms with Crippen LogP contribution in [0.2, 0.25) is 5.15 Å². The van der Waals surface area contributed by atoms with Gasteiger partial charge in [0.25, 0.3) is 6.43 Å². The zero-order chi connectivity index (χ0) is 14.8. The molecule has 0 fully saturated rings. The third kappa shape index (κ3) is 3.52. The highest BCUT2D eigenvalue weighted by molar-refractivity contribution is 6.30. The van der Waals surface area contributed by atoms with Crippen LogP contribution in [0.1, 0.15) is 23.1 Å². The summed E-state index contributed by atoms with van der Waals surface area (Å²) in [5.74, 6) is -0.959. The van der Waals surface area contributed by atoms with Crippen molar-refractivity contribution in [2.45, 2.75) is 19.0 Å². The molecule has 106 valence electrons. The van der Waals surface area contributed by atoms with Gasteiger partial charge in [-0.25, -0.2) is 13.8 Å². The lowest BCUT2D eigenvalue weighted by Gasteiger charge is -2.16. The van der Waals surface area contributed by atoms with Gasteiger partial charge in [-0.15, -0.1) is 0 Å². The first kappa shape index (κ1) is 15.6. The van der Waals surface area contributed by atoms with Gasteiger partial charge in [-0.05, 0) is 5.56 Å². The minimum absolute atomic E-state index is 0.571. The van der Waals surface area contributed by atoms with E-state index in [0.717, 1.165) is 7.11 Å². The van der Waals surface area contributed by atoms with Gasteiger partial charge in [-0.2, -0.15) is 13.2 Å². The maximum atomic E-state index is 12.8. The van der Waals surface area contributed by atoms with Crippen LogP contribution in [0.5, 0.6) is 0 Å². The summed E-state index contributed by atoms with van der Waals surface area (Å²) in [6.07, 6.45) is -8.58. The molecule has 3 nitrogen and oxygen atoms in total. The number of esters is 1. The number of ether oxygens (including phenoxy) is 1. The number of pyridine rings is 1. The predicted octanol–water partition coefficient (Wildman–Crippen LogP) is 3.41. The van der Waals surface area contributed by atoms with Crippen LogP contribution in [0, 0.1) is 0 Å². The molecule has 19 heavy (non-hydrogen) atoms. The molecule has 1 heterocycles. The largest absolute Gasteiger partial charge is 0.469 e. The van der Waals surface area contributed by atoms with Crippen LogP contribution in [-0.2, 0) is 22.1 Å². The first-order valence-corrected chi connectivity index (χ1v) is 5.15. The van der Waals surface area contributed by atoms with Crippen molar-refractivity contribution in [1.29, 1.82) is 0 Å². The third-order valence-electron chi connectivity index (χ3n) is 2.22. The summed E-state index contributed by atoms with van der Waals surface area (Å²) in [6, 6.07) is 0. The molecular formula is C10H7ClF5NO2. The number of alkyl halides is 5. The maximum absolute atomic E-state index is 12.8. The molecule has 0 aliphatic carbocycles. The Morgan fingerprint density at radius 1 is 1.47 bits per heavy atom. The quantitative estimate of drug-likeness (QED) is 0.488. The highest BCUT2D eigenvalue weighted by Gasteiger charge is 2.40. The average molecular weight is 304 g/mol. The fraction of sp³-hybridized carbons (Fsp3) is 0.400. The first-order valence-electron chi connectivity index (χ1n) is 4.78. The van der Waals surface area contributed by atoms with Crippen molar-refractivity contribution in [3.8, 4) is 0 Å². The van der Waals surface area contributed by atoms with Crippen LogP contribution < -0.4 is 0 Å². The zero-order valence-corrected chi connectivity index (χ0v) is 10.1. The minimum atomic E-state index is -5.10. The Morgan fingerprint density at radius 2 is 2.05 bits per heavy atom. The molecule has 1 aromatic rings. The van der Waals surface area contributed by atoms with Crippen LogP contribution in [0.3, 0.4) is 0 Å². The molecule has 9 heteroatoms. The molecule has 0 aromatic carbocycles. The second kappa shape index (κ2) is 5.68. The Morgan fingerprint density at radius 3 is 2.47 bits per heavy atom. The number of hydrogen-bond donors (Lipinski definition) is 0. The first-order chi connectivity index (χ1) is 8.68. The number of aromatic nitrogens is 1. The summed E-state index contributed by atoms with van der Waals surface area (Å²) in [6.45, 7) is 0. The van der Waals surface area contributed by atoms with E-state index in [-0.39, 0.29) is 0 Å². The van der Waals surface area contributed by atoms with Crippen LogP contribution in [0.4, 0.5) is 22.0 Å². The molecule has 1 aromatic heterocycles. The lowest BCUT2D eigenvalue weighted by atomic mass is 10.0. The smallest absolute Gasteiger partial charge is 0.419 e. The van der Waals surface area contributed by atoms with E-state index in [2.05, 4.69) is 9.72 Å². The lowest BCUT2D eigenvalue weighted by molar-refractivity contribution is -0.141. The van der Waals surface area contributed by atoms with E-state index >= 15 is 0 Å². The van der Waals surface area contributed by atoms with Crippen molar-refractivity contribution in [3.05, 3.63) is 28.0 Å². The summed E-state index contributed by atoms with van der Waals surface area (Å²) < 4.78 is 67.9. The molecular weight excluding hydrogens is 297 g/mol. The molecule has 0 unspecified atom stereocenters. The van der Waals surface area contributed by atoms with E-state index in [9.17, 15) is 26.7 Å². The van der Waals surface area contributed by atoms with Crippen molar-refractivity contribution in [3.63, 3.8) is 0 Å². The zero-order valence-electron chi connectivity index (χ0n) is 9.39. The van der Waals surface area contributed by atoms with Gasteiger partial charge in [0.05, 0.1) is 13.5 Å². The van der Waals surface area contributed by atoms with E-state index in [4.69, 9.17) is 11.6 Å². The lowest BCUT2D eigenvalue weighted by Crippen LogP contribution is -2.16. The standard InChI is InChI=1S/C10H7ClF5NO2/c1-19-5(18)2-4-3-17-8(11)7(10(14,15)16)6(4)9(12)13/h3,9H,2H2,1H3. The van der Waals surface area contributed by atoms with E-state index in [0.29, 0.717) is 6.20 Å². The van der Waals surface area contributed by atoms with Crippen molar-refractivity contribution in [2.24, 2.45) is 0 Å². The molecule has 0 bridgehead atoms. The van der Waals surface area contributed by atoms with Gasteiger partial charge in [0.15, 0.2) is 0 Å². The monoisotopic (exact) mass is 303 g/mol. The molecule has 0 atom stereocenters. The number of halogens is 6. The molecule has 0 aliphatic rings. The Labute approximate surface area is 109 Å². The van der Waals surface area contributed by atoms with Crippen molar-refractivity contribution >= 4 is 17.6 Å². The molecule has 0 N–H and O–H groups in total. The van der Waals surface area contributed by atoms with Crippen molar-refractivity contribution < 1.29 is 31.5 Å². The van der Waals surface area contributed by atoms with E-state index in [1.807, 2.05) is 0 Å². The number of methoxy groups -OCH3 is 1. The molecule has 0 saturated heterocycles. The van der Waals surface area contributed by atoms with E-state index < -0.39 is 46.8 Å². The number of carbonyl (C=O) groups is 1. The Hall–Kier alpha value is -1.44. The Kier molecular flexibility index (Phi) is 4.67. The predicted molar refractivity (Wildman–Crippen MR) is 54.9 cm³/mol. The van der Waals surface area contributed by atoms with Gasteiger partial charge in [0.1, 0.15) is 10.7 Å². The minimum Gasteiger partial charge on any atom is -0.469 e. The summed E-state index contributed by atoms with van der Waals surface area (Å²) >= 11 is 5.22. The van der Waals surface area contributed by atoms with Gasteiger partial charge in [0, 0.05) is 11.8 Å². The van der Waals surface area contributed by atoms with E-state index in [1.54, 1.807) is 0 Å². The average Bonchev–Trinajstić information content (AvgIpc) is 2.28. The Bertz CT molecular complexity index is 490. The summed E-state index contributed by atoms with van der Waals surface area (Å²) in [4.78, 5) is 14.2. The van der Waals surface area contributed by atoms with E-state index in [1.165, 1.54) is 0 Å². The number of rotatable bonds is 3. The van der Waals surface area contributed by atoms with Gasteiger partial charge in [0.2, 0.25) is 0 Å². The van der Waals surface area contributed by atoms with Crippen LogP contribution in [-0.4, -0.2) is 18.1 Å². The van der Waals surface area contributed by atoms with Gasteiger partial charge in [-0.1, -0.05) is 11.6 Å². The van der Waals surface area contributed by atoms with Gasteiger partial charge >= 0.3 is 12.1 Å². The molecule has 1 rings (SSSR count). The fourth-order valence-corrected chi connectivity index (χ4v) is 1.69. The highest BCUT2D eigenvalue weighted by atomic mass is 35.5. The van der Waals surface area contributed by atoms with Gasteiger partial charge < -0.3 is 4.74 Å². The van der Waals surface area contributed by atoms with Gasteiger partial charge in [-0.3, -0.25) is 4.79 Å². The SMILES string of the molecule is COC(=O)Cc1cnc(Cl)c(C(F)(F)F)c1C(F)F. The molecule has 0 spiro atoms. The van der Waals surface area contributed by atoms with Crippen molar-refractivity contribution in [1.82, 2.24) is 4.98 Å². The Balaban J connectivity index is 3.46. The molecule has 0 saturated carbocycles. The van der Waals surface area contributed by atoms with Crippen LogP contribution in [0.15, 0.2) is 6.20 Å². The topological polar surface area (TPSA) is 39.2 Å². The number of hydrogen-bond acceptors (Lipinski definition) is 3. The maximum Gasteiger partial charge on any atom is 0.419 e. The fourth-order valence-electron chi connectivity index (χ4n) is 1.43. The van der Waals surface area contributed by atoms with Crippen LogP contribution >= 0.6 is 11.6 Å². The molecule has 0 radical (unpaired) electrons. The second-order valence-electron chi connectivity index (χ2n) is 3.41. The normalized spacial score (nSPS) is 11.8. The summed E-state index contributed by atoms with van der Waals surface area (Å²) in [5, 5.41) is -1.09. The summed E-state index contributed by atoms with van der Waals surface area (Å²) in [5.41, 5.74) is -3.65. The highest BCUT2D eigenvalue weighted by Crippen LogP contribution is 2.41. The second-order valence-corrected chi connectivity index (χ2v) is 3.77. The number of nitrogens with zero attached hydrogens (tertiary/aromatic N) is 1. The summed E-state index contributed by atoms with van der Waals surface area (Å²) in [7, 11) is 0.985. The molecule has 0 amide bonds. The number of carbonyl (C=O) groups excluding carboxylic acids is 1. The van der Waals surface area contributed by atoms with Crippen molar-refractivity contribution in [2.75, 3.05) is 7.11 Å². The van der Waals surface area contributed by atoms with Crippen LogP contribution in [0.25, 0.3) is 0 Å².